The van der Waals surface area contributed by atoms with E-state index in [0.29, 0.717) is 0 Å². The molecule has 2 N–H and O–H groups in total. The number of hydrogen-bond donors (Lipinski definition) is 2. The third kappa shape index (κ3) is 2.21. The predicted octanol–water partition coefficient (Wildman–Crippen LogP) is 0.543. The Morgan fingerprint density at radius 1 is 1.18 bits per heavy atom. The standard InChI is InChI=1S/C7H12BNO2/c9-5-6-1-3-7(4-2-6)8(10)11/h6-7,10-11H,1-4H2. The molecule has 1 rings (SSSR count). The summed E-state index contributed by atoms with van der Waals surface area (Å²) in [6, 6.07) is 2.20. The van der Waals surface area contributed by atoms with Crippen molar-refractivity contribution in [3.05, 3.63) is 0 Å². The number of hydrogen-bond acceptors (Lipinski definition) is 3. The first kappa shape index (κ1) is 8.57. The highest BCUT2D eigenvalue weighted by atomic mass is 16.4. The van der Waals surface area contributed by atoms with E-state index in [1.54, 1.807) is 0 Å². The number of nitriles is 1. The second-order valence-electron chi connectivity index (χ2n) is 3.15. The SMILES string of the molecule is N#CC1CCC(B(O)O)CC1. The molecule has 3 nitrogen and oxygen atoms in total. The molecule has 0 bridgehead atoms. The highest BCUT2D eigenvalue weighted by Gasteiger charge is 2.28. The monoisotopic (exact) mass is 153 g/mol. The Morgan fingerprint density at radius 2 is 1.73 bits per heavy atom. The van der Waals surface area contributed by atoms with Gasteiger partial charge in [0.2, 0.25) is 0 Å². The molecule has 4 heteroatoms. The van der Waals surface area contributed by atoms with Gasteiger partial charge in [0.25, 0.3) is 0 Å². The van der Waals surface area contributed by atoms with Gasteiger partial charge in [-0.15, -0.1) is 0 Å². The van der Waals surface area contributed by atoms with Crippen LogP contribution in [0.3, 0.4) is 0 Å². The smallest absolute Gasteiger partial charge is 0.427 e. The van der Waals surface area contributed by atoms with Crippen LogP contribution in [-0.4, -0.2) is 17.2 Å². The van der Waals surface area contributed by atoms with E-state index in [1.807, 2.05) is 0 Å². The van der Waals surface area contributed by atoms with Crippen molar-refractivity contribution in [2.45, 2.75) is 31.5 Å². The Hall–Kier alpha value is -0.525. The van der Waals surface area contributed by atoms with Crippen LogP contribution in [-0.2, 0) is 0 Å². The van der Waals surface area contributed by atoms with Gasteiger partial charge in [-0.05, 0) is 18.7 Å². The highest BCUT2D eigenvalue weighted by Crippen LogP contribution is 2.32. The molecule has 1 saturated carbocycles. The lowest BCUT2D eigenvalue weighted by atomic mass is 9.63. The molecule has 60 valence electrons. The van der Waals surface area contributed by atoms with Crippen LogP contribution in [0.5, 0.6) is 0 Å². The quantitative estimate of drug-likeness (QED) is 0.540. The van der Waals surface area contributed by atoms with E-state index in [4.69, 9.17) is 15.3 Å². The summed E-state index contributed by atoms with van der Waals surface area (Å²) in [5.41, 5.74) is 0. The fourth-order valence-corrected chi connectivity index (χ4v) is 1.55. The van der Waals surface area contributed by atoms with Crippen molar-refractivity contribution in [2.75, 3.05) is 0 Å². The van der Waals surface area contributed by atoms with Crippen LogP contribution in [0.4, 0.5) is 0 Å². The Bertz CT molecular complexity index is 158. The molecule has 0 amide bonds. The van der Waals surface area contributed by atoms with Crippen molar-refractivity contribution >= 4 is 7.12 Å². The van der Waals surface area contributed by atoms with E-state index < -0.39 is 7.12 Å². The molecule has 0 aliphatic heterocycles. The summed E-state index contributed by atoms with van der Waals surface area (Å²) >= 11 is 0. The minimum absolute atomic E-state index is 0.000370. The summed E-state index contributed by atoms with van der Waals surface area (Å²) in [5, 5.41) is 26.2. The second-order valence-corrected chi connectivity index (χ2v) is 3.15. The first-order valence-corrected chi connectivity index (χ1v) is 4.00. The Kier molecular flexibility index (Phi) is 2.92. The highest BCUT2D eigenvalue weighted by molar-refractivity contribution is 6.43. The van der Waals surface area contributed by atoms with Crippen LogP contribution >= 0.6 is 0 Å². The van der Waals surface area contributed by atoms with Crippen molar-refractivity contribution in [1.82, 2.24) is 0 Å². The molecule has 1 fully saturated rings. The van der Waals surface area contributed by atoms with Crippen LogP contribution in [0.15, 0.2) is 0 Å². The van der Waals surface area contributed by atoms with E-state index in [1.165, 1.54) is 0 Å². The van der Waals surface area contributed by atoms with Crippen molar-refractivity contribution in [3.8, 4) is 6.07 Å². The van der Waals surface area contributed by atoms with Crippen molar-refractivity contribution < 1.29 is 10.0 Å². The van der Waals surface area contributed by atoms with E-state index >= 15 is 0 Å². The Morgan fingerprint density at radius 3 is 2.09 bits per heavy atom. The lowest BCUT2D eigenvalue weighted by Gasteiger charge is -2.23. The molecule has 0 spiro atoms. The van der Waals surface area contributed by atoms with E-state index in [-0.39, 0.29) is 11.7 Å². The van der Waals surface area contributed by atoms with Crippen LogP contribution in [0.1, 0.15) is 25.7 Å². The maximum absolute atomic E-state index is 8.81. The number of rotatable bonds is 1. The van der Waals surface area contributed by atoms with Gasteiger partial charge in [-0.25, -0.2) is 0 Å². The molecule has 0 saturated heterocycles. The topological polar surface area (TPSA) is 64.2 Å². The van der Waals surface area contributed by atoms with Gasteiger partial charge in [0.1, 0.15) is 0 Å². The molecule has 1 aliphatic rings. The third-order valence-corrected chi connectivity index (χ3v) is 2.38. The van der Waals surface area contributed by atoms with Gasteiger partial charge in [-0.3, -0.25) is 0 Å². The molecule has 0 atom stereocenters. The van der Waals surface area contributed by atoms with Gasteiger partial charge >= 0.3 is 7.12 Å². The molecule has 0 unspecified atom stereocenters. The Balaban J connectivity index is 2.31. The molecule has 1 aliphatic carbocycles. The molecule has 0 heterocycles. The molecule has 0 radical (unpaired) electrons. The maximum atomic E-state index is 8.81. The summed E-state index contributed by atoms with van der Waals surface area (Å²) in [7, 11) is -1.19. The predicted molar refractivity (Wildman–Crippen MR) is 41.5 cm³/mol. The second kappa shape index (κ2) is 3.75. The molecular weight excluding hydrogens is 141 g/mol. The molecular formula is C7H12BNO2. The van der Waals surface area contributed by atoms with Gasteiger partial charge in [-0.1, -0.05) is 12.8 Å². The zero-order valence-electron chi connectivity index (χ0n) is 6.40. The van der Waals surface area contributed by atoms with Crippen molar-refractivity contribution in [2.24, 2.45) is 5.92 Å². The fraction of sp³-hybridized carbons (Fsp3) is 0.857. The summed E-state index contributed by atoms with van der Waals surface area (Å²) in [6.07, 6.45) is 3.18. The number of nitrogens with zero attached hydrogens (tertiary/aromatic N) is 1. The largest absolute Gasteiger partial charge is 0.454 e. The molecule has 0 aromatic carbocycles. The molecule has 0 aromatic rings. The minimum atomic E-state index is -1.19. The first-order chi connectivity index (χ1) is 5.24. The summed E-state index contributed by atoms with van der Waals surface area (Å²) < 4.78 is 0. The van der Waals surface area contributed by atoms with E-state index in [2.05, 4.69) is 6.07 Å². The van der Waals surface area contributed by atoms with Crippen LogP contribution in [0.25, 0.3) is 0 Å². The third-order valence-electron chi connectivity index (χ3n) is 2.38. The first-order valence-electron chi connectivity index (χ1n) is 4.00. The normalized spacial score (nSPS) is 31.0. The zero-order valence-corrected chi connectivity index (χ0v) is 6.40. The summed E-state index contributed by atoms with van der Waals surface area (Å²) in [5.74, 6) is 0.143. The van der Waals surface area contributed by atoms with Gasteiger partial charge in [0.05, 0.1) is 6.07 Å². The lowest BCUT2D eigenvalue weighted by Crippen LogP contribution is -2.24. The van der Waals surface area contributed by atoms with Crippen LogP contribution < -0.4 is 0 Å². The maximum Gasteiger partial charge on any atom is 0.454 e. The average molecular weight is 153 g/mol. The van der Waals surface area contributed by atoms with Crippen LogP contribution in [0.2, 0.25) is 5.82 Å². The van der Waals surface area contributed by atoms with Crippen molar-refractivity contribution in [1.29, 1.82) is 5.26 Å². The van der Waals surface area contributed by atoms with Gasteiger partial charge in [0.15, 0.2) is 0 Å². The zero-order chi connectivity index (χ0) is 8.27. The summed E-state index contributed by atoms with van der Waals surface area (Å²) in [4.78, 5) is 0. The fourth-order valence-electron chi connectivity index (χ4n) is 1.55. The molecule has 0 aromatic heterocycles. The average Bonchev–Trinajstić information content (AvgIpc) is 2.05. The van der Waals surface area contributed by atoms with Gasteiger partial charge in [0, 0.05) is 5.92 Å². The van der Waals surface area contributed by atoms with Crippen molar-refractivity contribution in [3.63, 3.8) is 0 Å². The van der Waals surface area contributed by atoms with Crippen LogP contribution in [0, 0.1) is 17.2 Å². The summed E-state index contributed by atoms with van der Waals surface area (Å²) in [6.45, 7) is 0. The lowest BCUT2D eigenvalue weighted by molar-refractivity contribution is 0.333. The molecule has 11 heavy (non-hydrogen) atoms. The minimum Gasteiger partial charge on any atom is -0.427 e. The van der Waals surface area contributed by atoms with E-state index in [9.17, 15) is 0 Å². The Labute approximate surface area is 66.8 Å². The van der Waals surface area contributed by atoms with Gasteiger partial charge < -0.3 is 10.0 Å². The van der Waals surface area contributed by atoms with Gasteiger partial charge in [-0.2, -0.15) is 5.26 Å². The van der Waals surface area contributed by atoms with E-state index in [0.717, 1.165) is 25.7 Å².